The Hall–Kier alpha value is -1.01. The number of amides is 1. The van der Waals surface area contributed by atoms with Gasteiger partial charge in [0.15, 0.2) is 0 Å². The number of thioether (sulfide) groups is 1. The van der Waals surface area contributed by atoms with Crippen molar-refractivity contribution in [1.29, 1.82) is 0 Å². The highest BCUT2D eigenvalue weighted by atomic mass is 32.2. The number of hydrogen-bond acceptors (Lipinski definition) is 5. The predicted molar refractivity (Wildman–Crippen MR) is 86.1 cm³/mol. The Morgan fingerprint density at radius 1 is 1.48 bits per heavy atom. The summed E-state index contributed by atoms with van der Waals surface area (Å²) in [6.07, 6.45) is 8.71. The van der Waals surface area contributed by atoms with Gasteiger partial charge in [-0.3, -0.25) is 9.59 Å². The molecule has 0 aliphatic heterocycles. The lowest BCUT2D eigenvalue weighted by atomic mass is 9.97. The van der Waals surface area contributed by atoms with E-state index in [4.69, 9.17) is 5.73 Å². The van der Waals surface area contributed by atoms with Crippen molar-refractivity contribution in [2.75, 3.05) is 25.2 Å². The number of methoxy groups -OCH3 is 1. The van der Waals surface area contributed by atoms with Crippen LogP contribution >= 0.6 is 11.8 Å². The summed E-state index contributed by atoms with van der Waals surface area (Å²) in [7, 11) is 1.32. The molecule has 3 N–H and O–H groups in total. The Kier molecular flexibility index (Phi) is 9.17. The van der Waals surface area contributed by atoms with Crippen molar-refractivity contribution in [3.63, 3.8) is 0 Å². The average Bonchev–Trinajstić information content (AvgIpc) is 2.51. The largest absolute Gasteiger partial charge is 0.468 e. The SMILES string of the molecule is COC(=O)C(N)CCSCC(=O)NCCC1=CCCCC1. The Morgan fingerprint density at radius 2 is 2.29 bits per heavy atom. The van der Waals surface area contributed by atoms with Crippen LogP contribution in [0.15, 0.2) is 11.6 Å². The highest BCUT2D eigenvalue weighted by Crippen LogP contribution is 2.19. The molecule has 5 nitrogen and oxygen atoms in total. The maximum Gasteiger partial charge on any atom is 0.322 e. The van der Waals surface area contributed by atoms with Crippen molar-refractivity contribution in [1.82, 2.24) is 5.32 Å². The highest BCUT2D eigenvalue weighted by molar-refractivity contribution is 7.99. The molecule has 1 aliphatic rings. The maximum absolute atomic E-state index is 11.6. The van der Waals surface area contributed by atoms with E-state index in [0.29, 0.717) is 24.5 Å². The zero-order chi connectivity index (χ0) is 15.5. The van der Waals surface area contributed by atoms with Crippen molar-refractivity contribution < 1.29 is 14.3 Å². The number of esters is 1. The molecule has 21 heavy (non-hydrogen) atoms. The van der Waals surface area contributed by atoms with Crippen LogP contribution in [0.25, 0.3) is 0 Å². The quantitative estimate of drug-likeness (QED) is 0.384. The van der Waals surface area contributed by atoms with E-state index in [0.717, 1.165) is 6.42 Å². The molecule has 1 atom stereocenters. The normalized spacial score (nSPS) is 16.0. The van der Waals surface area contributed by atoms with Crippen LogP contribution < -0.4 is 11.1 Å². The minimum atomic E-state index is -0.594. The molecular weight excluding hydrogens is 288 g/mol. The molecule has 1 rings (SSSR count). The van der Waals surface area contributed by atoms with Crippen LogP contribution in [-0.4, -0.2) is 43.1 Å². The maximum atomic E-state index is 11.6. The minimum absolute atomic E-state index is 0.0445. The number of rotatable bonds is 9. The third-order valence-corrected chi connectivity index (χ3v) is 4.45. The predicted octanol–water partition coefficient (Wildman–Crippen LogP) is 1.62. The van der Waals surface area contributed by atoms with E-state index in [1.165, 1.54) is 50.1 Å². The lowest BCUT2D eigenvalue weighted by molar-refractivity contribution is -0.142. The van der Waals surface area contributed by atoms with Crippen molar-refractivity contribution in [3.05, 3.63) is 11.6 Å². The topological polar surface area (TPSA) is 81.4 Å². The fourth-order valence-electron chi connectivity index (χ4n) is 2.19. The van der Waals surface area contributed by atoms with Crippen LogP contribution in [0.2, 0.25) is 0 Å². The van der Waals surface area contributed by atoms with Gasteiger partial charge < -0.3 is 15.8 Å². The first-order chi connectivity index (χ1) is 10.1. The third-order valence-electron chi connectivity index (χ3n) is 3.46. The molecule has 0 aromatic carbocycles. The molecule has 120 valence electrons. The Balaban J connectivity index is 2.01. The standard InChI is InChI=1S/C15H26N2O3S/c1-20-15(19)13(16)8-10-21-11-14(18)17-9-7-12-5-3-2-4-6-12/h5,13H,2-4,6-11,16H2,1H3,(H,17,18). The first-order valence-corrected chi connectivity index (χ1v) is 8.64. The molecule has 6 heteroatoms. The number of allylic oxidation sites excluding steroid dienone is 1. The van der Waals surface area contributed by atoms with Crippen LogP contribution in [0.4, 0.5) is 0 Å². The average molecular weight is 314 g/mol. The summed E-state index contributed by atoms with van der Waals surface area (Å²) in [4.78, 5) is 22.7. The van der Waals surface area contributed by atoms with E-state index < -0.39 is 12.0 Å². The first kappa shape index (κ1) is 18.0. The number of carbonyl (C=O) groups is 2. The summed E-state index contributed by atoms with van der Waals surface area (Å²) >= 11 is 1.49. The van der Waals surface area contributed by atoms with Crippen molar-refractivity contribution in [3.8, 4) is 0 Å². The van der Waals surface area contributed by atoms with E-state index in [-0.39, 0.29) is 5.91 Å². The van der Waals surface area contributed by atoms with E-state index in [1.807, 2.05) is 0 Å². The second-order valence-electron chi connectivity index (χ2n) is 5.18. The van der Waals surface area contributed by atoms with Gasteiger partial charge in [0.2, 0.25) is 5.91 Å². The lowest BCUT2D eigenvalue weighted by Gasteiger charge is -2.13. The Morgan fingerprint density at radius 3 is 2.95 bits per heavy atom. The summed E-state index contributed by atoms with van der Waals surface area (Å²) in [5.74, 6) is 0.728. The Labute approximate surface area is 131 Å². The van der Waals surface area contributed by atoms with Gasteiger partial charge in [-0.2, -0.15) is 11.8 Å². The van der Waals surface area contributed by atoms with Crippen molar-refractivity contribution in [2.45, 2.75) is 44.6 Å². The van der Waals surface area contributed by atoms with Gasteiger partial charge in [-0.1, -0.05) is 11.6 Å². The van der Waals surface area contributed by atoms with Gasteiger partial charge in [-0.15, -0.1) is 0 Å². The number of nitrogens with one attached hydrogen (secondary N) is 1. The van der Waals surface area contributed by atoms with Gasteiger partial charge in [0.05, 0.1) is 12.9 Å². The molecule has 0 heterocycles. The summed E-state index contributed by atoms with van der Waals surface area (Å²) in [5.41, 5.74) is 7.08. The van der Waals surface area contributed by atoms with E-state index in [9.17, 15) is 9.59 Å². The molecular formula is C15H26N2O3S. The van der Waals surface area contributed by atoms with Crippen molar-refractivity contribution in [2.24, 2.45) is 5.73 Å². The van der Waals surface area contributed by atoms with Crippen LogP contribution in [0, 0.1) is 0 Å². The molecule has 0 radical (unpaired) electrons. The van der Waals surface area contributed by atoms with Gasteiger partial charge in [0.1, 0.15) is 6.04 Å². The summed E-state index contributed by atoms with van der Waals surface area (Å²) in [6, 6.07) is -0.594. The summed E-state index contributed by atoms with van der Waals surface area (Å²) in [6.45, 7) is 0.715. The van der Waals surface area contributed by atoms with Crippen LogP contribution in [0.3, 0.4) is 0 Å². The molecule has 0 spiro atoms. The molecule has 0 saturated heterocycles. The molecule has 1 unspecified atom stereocenters. The highest BCUT2D eigenvalue weighted by Gasteiger charge is 2.13. The summed E-state index contributed by atoms with van der Waals surface area (Å²) < 4.78 is 4.54. The number of ether oxygens (including phenoxy) is 1. The second kappa shape index (κ2) is 10.7. The molecule has 1 aliphatic carbocycles. The second-order valence-corrected chi connectivity index (χ2v) is 6.28. The van der Waals surface area contributed by atoms with E-state index in [2.05, 4.69) is 16.1 Å². The summed E-state index contributed by atoms with van der Waals surface area (Å²) in [5, 5.41) is 2.93. The van der Waals surface area contributed by atoms with E-state index in [1.54, 1.807) is 0 Å². The zero-order valence-electron chi connectivity index (χ0n) is 12.7. The fraction of sp³-hybridized carbons (Fsp3) is 0.733. The van der Waals surface area contributed by atoms with Gasteiger partial charge >= 0.3 is 5.97 Å². The molecule has 0 aromatic heterocycles. The zero-order valence-corrected chi connectivity index (χ0v) is 13.5. The van der Waals surface area contributed by atoms with Crippen LogP contribution in [0.5, 0.6) is 0 Å². The van der Waals surface area contributed by atoms with Gasteiger partial charge in [0, 0.05) is 6.54 Å². The molecule has 1 amide bonds. The smallest absolute Gasteiger partial charge is 0.322 e. The van der Waals surface area contributed by atoms with Crippen molar-refractivity contribution >= 4 is 23.6 Å². The molecule has 0 aromatic rings. The number of carbonyl (C=O) groups excluding carboxylic acids is 2. The van der Waals surface area contributed by atoms with Crippen LogP contribution in [0.1, 0.15) is 38.5 Å². The molecule has 0 saturated carbocycles. The molecule has 0 bridgehead atoms. The molecule has 0 fully saturated rings. The fourth-order valence-corrected chi connectivity index (χ4v) is 3.04. The van der Waals surface area contributed by atoms with Gasteiger partial charge in [-0.25, -0.2) is 0 Å². The monoisotopic (exact) mass is 314 g/mol. The lowest BCUT2D eigenvalue weighted by Crippen LogP contribution is -2.32. The van der Waals surface area contributed by atoms with Gasteiger partial charge in [-0.05, 0) is 44.3 Å². The third kappa shape index (κ3) is 8.12. The van der Waals surface area contributed by atoms with E-state index >= 15 is 0 Å². The van der Waals surface area contributed by atoms with Crippen LogP contribution in [-0.2, 0) is 14.3 Å². The Bertz CT molecular complexity index is 372. The number of nitrogens with two attached hydrogens (primary N) is 1. The minimum Gasteiger partial charge on any atom is -0.468 e. The number of hydrogen-bond donors (Lipinski definition) is 2. The van der Waals surface area contributed by atoms with Gasteiger partial charge in [0.25, 0.3) is 0 Å². The first-order valence-electron chi connectivity index (χ1n) is 7.49.